The van der Waals surface area contributed by atoms with Gasteiger partial charge in [-0.15, -0.1) is 24.0 Å². The number of fused-ring (bicyclic) bond motifs is 1. The summed E-state index contributed by atoms with van der Waals surface area (Å²) in [5.74, 6) is 10.9. The standard InChI is InChI=1S/C49H50N10O6S2/c1-32-19-24-52-42(27-32)59(31-60)48(66)56-46-33(2)37(34(3)67-46)12-8-23-54-45(63)40(51)17-16-39(50)44(62)53-22-7-11-36-13-15-38-41(28-36)55-30-58(47(38)64)29-49(65)20-25-57(26-21-49)43(61)18-14-35-9-5-4-6-10-35/h4-6,9-10,13,15-17,19,24,27-28,30-31,65H,14,18,20-23,25-26,29,50-51H2,1-3H3,(H,53,62)(H,54,63)(H,56,66)/b39-16-,40-17-. The Morgan fingerprint density at radius 3 is 2.28 bits per heavy atom. The van der Waals surface area contributed by atoms with E-state index in [0.29, 0.717) is 72.5 Å². The van der Waals surface area contributed by atoms with Gasteiger partial charge < -0.3 is 32.1 Å². The van der Waals surface area contributed by atoms with Crippen LogP contribution in [0.1, 0.15) is 52.0 Å². The third kappa shape index (κ3) is 13.1. The Kier molecular flexibility index (Phi) is 16.5. The van der Waals surface area contributed by atoms with E-state index in [0.717, 1.165) is 27.1 Å². The van der Waals surface area contributed by atoms with Gasteiger partial charge >= 0.3 is 0 Å². The van der Waals surface area contributed by atoms with Crippen LogP contribution in [0.25, 0.3) is 10.9 Å². The number of aryl methyl sites for hydroxylation is 3. The molecular formula is C49H50N10O6S2. The van der Waals surface area contributed by atoms with Crippen molar-refractivity contribution in [3.63, 3.8) is 0 Å². The van der Waals surface area contributed by atoms with Crippen LogP contribution < -0.4 is 32.6 Å². The van der Waals surface area contributed by atoms with E-state index >= 15 is 0 Å². The molecule has 1 fully saturated rings. The van der Waals surface area contributed by atoms with Gasteiger partial charge in [-0.3, -0.25) is 28.5 Å². The van der Waals surface area contributed by atoms with Gasteiger partial charge in [-0.05, 0) is 93.6 Å². The Hall–Kier alpha value is -7.51. The molecule has 67 heavy (non-hydrogen) atoms. The molecule has 3 aromatic heterocycles. The number of hydrogen-bond donors (Lipinski definition) is 6. The Morgan fingerprint density at radius 2 is 1.63 bits per heavy atom. The number of thiophene rings is 1. The van der Waals surface area contributed by atoms with Crippen LogP contribution in [0, 0.1) is 44.5 Å². The fourth-order valence-corrected chi connectivity index (χ4v) is 8.35. The van der Waals surface area contributed by atoms with Gasteiger partial charge in [0.25, 0.3) is 17.4 Å². The molecule has 16 nitrogen and oxygen atoms in total. The molecule has 18 heteroatoms. The Balaban J connectivity index is 0.951. The molecule has 0 aliphatic carbocycles. The zero-order chi connectivity index (χ0) is 48.1. The molecule has 7 N–H and O–H groups in total. The van der Waals surface area contributed by atoms with Crippen molar-refractivity contribution in [3.05, 3.63) is 140 Å². The van der Waals surface area contributed by atoms with Crippen LogP contribution in [0.2, 0.25) is 0 Å². The van der Waals surface area contributed by atoms with Gasteiger partial charge in [0.2, 0.25) is 12.3 Å². The molecule has 2 aromatic carbocycles. The van der Waals surface area contributed by atoms with Crippen LogP contribution in [0.3, 0.4) is 0 Å². The molecule has 0 unspecified atom stereocenters. The summed E-state index contributed by atoms with van der Waals surface area (Å²) in [5, 5.41) is 17.7. The molecular weight excluding hydrogens is 889 g/mol. The zero-order valence-corrected chi connectivity index (χ0v) is 38.9. The first-order valence-corrected chi connectivity index (χ1v) is 22.5. The molecule has 4 amide bonds. The van der Waals surface area contributed by atoms with Crippen LogP contribution in [0.4, 0.5) is 10.8 Å². The van der Waals surface area contributed by atoms with E-state index in [1.54, 1.807) is 35.4 Å². The monoisotopic (exact) mass is 938 g/mol. The van der Waals surface area contributed by atoms with Crippen LogP contribution >= 0.6 is 24.0 Å². The first-order valence-electron chi connectivity index (χ1n) is 21.2. The van der Waals surface area contributed by atoms with Gasteiger partial charge in [-0.2, -0.15) is 0 Å². The van der Waals surface area contributed by atoms with E-state index in [4.69, 9.17) is 11.5 Å². The van der Waals surface area contributed by atoms with Crippen molar-refractivity contribution in [2.24, 2.45) is 16.5 Å². The number of nitrogens with two attached hydrogens (primary N) is 2. The molecule has 6 rings (SSSR count). The number of thiol groups is 1. The van der Waals surface area contributed by atoms with E-state index in [1.807, 2.05) is 57.2 Å². The SMILES string of the molecule is Cc1ccnc(N(C=O)/C(S)=N\c2sc(C)c(C#CCNC(=O)/C(N)=C/C=C(\N)C(=O)NCC#Cc3ccc4c(=O)n(CC5(O)CCN(C(=O)CCc6ccccc6)CC5)cnc4c3)c2C)c1. The fourth-order valence-electron chi connectivity index (χ4n) is 7.05. The van der Waals surface area contributed by atoms with E-state index in [1.165, 1.54) is 39.3 Å². The minimum atomic E-state index is -1.16. The van der Waals surface area contributed by atoms with Crippen LogP contribution in [0.5, 0.6) is 0 Å². The van der Waals surface area contributed by atoms with Crippen molar-refractivity contribution >= 4 is 75.0 Å². The predicted molar refractivity (Wildman–Crippen MR) is 263 cm³/mol. The lowest BCUT2D eigenvalue weighted by molar-refractivity contribution is -0.136. The smallest absolute Gasteiger partial charge is 0.267 e. The number of rotatable bonds is 13. The highest BCUT2D eigenvalue weighted by atomic mass is 32.1. The maximum Gasteiger partial charge on any atom is 0.267 e. The fraction of sp³-hybridized carbons (Fsp3) is 0.265. The number of anilines is 1. The molecule has 0 saturated carbocycles. The van der Waals surface area contributed by atoms with Crippen molar-refractivity contribution in [1.29, 1.82) is 0 Å². The summed E-state index contributed by atoms with van der Waals surface area (Å²) in [4.78, 5) is 80.3. The number of nitrogens with zero attached hydrogens (tertiary/aromatic N) is 6. The summed E-state index contributed by atoms with van der Waals surface area (Å²) in [6.45, 7) is 6.42. The highest BCUT2D eigenvalue weighted by Crippen LogP contribution is 2.35. The van der Waals surface area contributed by atoms with Crippen molar-refractivity contribution in [1.82, 2.24) is 30.1 Å². The third-order valence-electron chi connectivity index (χ3n) is 10.9. The van der Waals surface area contributed by atoms with E-state index in [2.05, 4.69) is 61.9 Å². The van der Waals surface area contributed by atoms with Gasteiger partial charge in [-0.1, -0.05) is 54.0 Å². The average molecular weight is 939 g/mol. The molecule has 0 spiro atoms. The summed E-state index contributed by atoms with van der Waals surface area (Å²) in [6.07, 6.45) is 7.76. The summed E-state index contributed by atoms with van der Waals surface area (Å²) >= 11 is 5.83. The second-order valence-corrected chi connectivity index (χ2v) is 17.4. The number of piperidine rings is 1. The lowest BCUT2D eigenvalue weighted by Crippen LogP contribution is -2.49. The maximum atomic E-state index is 13.4. The number of amidine groups is 1. The number of pyridine rings is 1. The second kappa shape index (κ2) is 22.6. The minimum Gasteiger partial charge on any atom is -0.394 e. The van der Waals surface area contributed by atoms with Crippen LogP contribution in [0.15, 0.2) is 107 Å². The first kappa shape index (κ1) is 48.9. The highest BCUT2D eigenvalue weighted by molar-refractivity contribution is 7.97. The van der Waals surface area contributed by atoms with Gasteiger partial charge in [0.1, 0.15) is 10.8 Å². The van der Waals surface area contributed by atoms with E-state index in [9.17, 15) is 29.1 Å². The number of carbonyl (C=O) groups excluding carboxylic acids is 4. The predicted octanol–water partition coefficient (Wildman–Crippen LogP) is 3.67. The second-order valence-electron chi connectivity index (χ2n) is 15.8. The average Bonchev–Trinajstić information content (AvgIpc) is 3.58. The number of aromatic nitrogens is 3. The molecule has 1 saturated heterocycles. The first-order chi connectivity index (χ1) is 32.1. The molecule has 1 aliphatic heterocycles. The van der Waals surface area contributed by atoms with Gasteiger partial charge in [0, 0.05) is 47.3 Å². The molecule has 1 aliphatic rings. The van der Waals surface area contributed by atoms with Gasteiger partial charge in [0.05, 0.1) is 53.9 Å². The molecule has 0 atom stereocenters. The Morgan fingerprint density at radius 1 is 0.955 bits per heavy atom. The van der Waals surface area contributed by atoms with Gasteiger partial charge in [-0.25, -0.2) is 19.9 Å². The lowest BCUT2D eigenvalue weighted by Gasteiger charge is -2.38. The third-order valence-corrected chi connectivity index (χ3v) is 12.3. The Bertz CT molecular complexity index is 2970. The largest absolute Gasteiger partial charge is 0.394 e. The van der Waals surface area contributed by atoms with E-state index < -0.39 is 17.4 Å². The molecule has 344 valence electrons. The molecule has 0 radical (unpaired) electrons. The Labute approximate surface area is 397 Å². The number of benzene rings is 2. The molecule has 5 aromatic rings. The quantitative estimate of drug-likeness (QED) is 0.0191. The van der Waals surface area contributed by atoms with Crippen molar-refractivity contribution < 1.29 is 24.3 Å². The molecule has 4 heterocycles. The number of allylic oxidation sites excluding steroid dienone is 2. The number of aliphatic imine (C=N–C) groups is 1. The number of amides is 4. The molecule has 0 bridgehead atoms. The lowest BCUT2D eigenvalue weighted by atomic mass is 9.91. The number of aliphatic hydroxyl groups is 1. The number of hydrogen-bond acceptors (Lipinski definition) is 12. The van der Waals surface area contributed by atoms with Crippen molar-refractivity contribution in [2.45, 2.75) is 58.6 Å². The minimum absolute atomic E-state index is 0.0227. The zero-order valence-electron chi connectivity index (χ0n) is 37.2. The number of nitrogens with one attached hydrogen (secondary N) is 2. The van der Waals surface area contributed by atoms with E-state index in [-0.39, 0.29) is 47.7 Å². The number of carbonyl (C=O) groups is 4. The number of likely N-dealkylation sites (tertiary alicyclic amines) is 1. The summed E-state index contributed by atoms with van der Waals surface area (Å²) < 4.78 is 1.40. The summed E-state index contributed by atoms with van der Waals surface area (Å²) in [5.41, 5.74) is 14.5. The summed E-state index contributed by atoms with van der Waals surface area (Å²) in [6, 6.07) is 18.4. The normalized spacial score (nSPS) is 13.7. The van der Waals surface area contributed by atoms with Crippen LogP contribution in [-0.4, -0.2) is 85.6 Å². The maximum absolute atomic E-state index is 13.4. The van der Waals surface area contributed by atoms with Crippen LogP contribution in [-0.2, 0) is 32.1 Å². The van der Waals surface area contributed by atoms with Crippen molar-refractivity contribution in [2.75, 3.05) is 31.1 Å². The van der Waals surface area contributed by atoms with Crippen molar-refractivity contribution in [3.8, 4) is 23.7 Å². The van der Waals surface area contributed by atoms with Gasteiger partial charge in [0.15, 0.2) is 5.17 Å². The topological polar surface area (TPSA) is 231 Å². The highest BCUT2D eigenvalue weighted by Gasteiger charge is 2.34. The summed E-state index contributed by atoms with van der Waals surface area (Å²) in [7, 11) is 0.